The molecule has 0 N–H and O–H groups in total. The number of hydrogen-bond donors (Lipinski definition) is 0. The van der Waals surface area contributed by atoms with E-state index >= 15 is 0 Å². The molecule has 0 fully saturated rings. The van der Waals surface area contributed by atoms with Gasteiger partial charge in [-0.2, -0.15) is 18.4 Å². The Morgan fingerprint density at radius 3 is 2.71 bits per heavy atom. The summed E-state index contributed by atoms with van der Waals surface area (Å²) < 4.78 is 37.1. The van der Waals surface area contributed by atoms with Crippen molar-refractivity contribution in [2.24, 2.45) is 0 Å². The normalized spacial score (nSPS) is 10.9. The number of carbonyl (C=O) groups excluding carboxylic acids is 1. The van der Waals surface area contributed by atoms with Crippen molar-refractivity contribution in [3.63, 3.8) is 0 Å². The molecule has 0 aromatic heterocycles. The topological polar surface area (TPSA) is 40.9 Å². The van der Waals surface area contributed by atoms with Gasteiger partial charge in [0, 0.05) is 5.56 Å². The van der Waals surface area contributed by atoms with E-state index in [4.69, 9.17) is 5.26 Å². The number of thioether (sulfide) groups is 2. The maximum absolute atomic E-state index is 12.4. The second-order valence-electron chi connectivity index (χ2n) is 2.86. The molecule has 2 nitrogen and oxygen atoms in total. The van der Waals surface area contributed by atoms with E-state index in [9.17, 15) is 18.0 Å². The lowest BCUT2D eigenvalue weighted by Crippen LogP contribution is -2.06. The van der Waals surface area contributed by atoms with Gasteiger partial charge in [0.2, 0.25) is 5.12 Å². The van der Waals surface area contributed by atoms with Crippen LogP contribution in [0.25, 0.3) is 0 Å². The predicted octanol–water partition coefficient (Wildman–Crippen LogP) is 3.75. The van der Waals surface area contributed by atoms with Crippen LogP contribution in [0.1, 0.15) is 15.9 Å². The molecule has 0 atom stereocenters. The molecular weight excluding hydrogens is 271 g/mol. The molecule has 0 saturated carbocycles. The summed E-state index contributed by atoms with van der Waals surface area (Å²) in [6.45, 7) is 0. The molecule has 17 heavy (non-hydrogen) atoms. The largest absolute Gasteiger partial charge is 0.416 e. The molecular formula is C10H6F3NOS2. The molecule has 1 aromatic carbocycles. The third-order valence-electron chi connectivity index (χ3n) is 1.74. The fraction of sp³-hybridized carbons (Fsp3) is 0.200. The molecule has 0 saturated heterocycles. The summed E-state index contributed by atoms with van der Waals surface area (Å²) in [6, 6.07) is 4.23. The minimum atomic E-state index is -4.46. The molecule has 0 spiro atoms. The van der Waals surface area contributed by atoms with Crippen molar-refractivity contribution in [3.05, 3.63) is 35.4 Å². The molecule has 0 radical (unpaired) electrons. The van der Waals surface area contributed by atoms with Gasteiger partial charge in [-0.15, -0.1) is 0 Å². The third-order valence-corrected chi connectivity index (χ3v) is 3.31. The van der Waals surface area contributed by atoms with Gasteiger partial charge in [-0.3, -0.25) is 4.79 Å². The molecule has 0 heterocycles. The molecule has 0 aliphatic heterocycles. The summed E-state index contributed by atoms with van der Waals surface area (Å²) >= 11 is 1.67. The van der Waals surface area contributed by atoms with Gasteiger partial charge in [-0.05, 0) is 23.9 Å². The van der Waals surface area contributed by atoms with Crippen molar-refractivity contribution < 1.29 is 18.0 Å². The standard InChI is InChI=1S/C10H6F3NOS2/c11-10(12,13)8-3-1-2-7(4-8)9(15)17-6-16-5-14/h1-4H,6H2. The highest BCUT2D eigenvalue weighted by atomic mass is 32.2. The summed E-state index contributed by atoms with van der Waals surface area (Å²) in [4.78, 5) is 11.5. The molecule has 1 rings (SSSR count). The molecule has 0 aliphatic carbocycles. The second kappa shape index (κ2) is 5.98. The van der Waals surface area contributed by atoms with Crippen LogP contribution in [0.15, 0.2) is 24.3 Å². The zero-order valence-corrected chi connectivity index (χ0v) is 9.96. The lowest BCUT2D eigenvalue weighted by atomic mass is 10.1. The first-order chi connectivity index (χ1) is 7.95. The average Bonchev–Trinajstić information content (AvgIpc) is 2.28. The zero-order valence-electron chi connectivity index (χ0n) is 8.32. The molecule has 90 valence electrons. The molecule has 1 aromatic rings. The number of thiocyanates is 1. The number of nitrogens with zero attached hydrogens (tertiary/aromatic N) is 1. The van der Waals surface area contributed by atoms with Crippen LogP contribution in [0.5, 0.6) is 0 Å². The van der Waals surface area contributed by atoms with E-state index in [1.165, 1.54) is 12.1 Å². The smallest absolute Gasteiger partial charge is 0.282 e. The highest BCUT2D eigenvalue weighted by Gasteiger charge is 2.30. The van der Waals surface area contributed by atoms with Gasteiger partial charge in [0.05, 0.1) is 10.6 Å². The first-order valence-corrected chi connectivity index (χ1v) is 6.27. The number of hydrogen-bond acceptors (Lipinski definition) is 4. The van der Waals surface area contributed by atoms with E-state index in [0.29, 0.717) is 0 Å². The monoisotopic (exact) mass is 277 g/mol. The first kappa shape index (κ1) is 13.9. The van der Waals surface area contributed by atoms with E-state index in [1.54, 1.807) is 5.40 Å². The minimum absolute atomic E-state index is 0.0108. The predicted molar refractivity (Wildman–Crippen MR) is 61.4 cm³/mol. The maximum Gasteiger partial charge on any atom is 0.416 e. The summed E-state index contributed by atoms with van der Waals surface area (Å²) in [7, 11) is 0. The molecule has 7 heteroatoms. The Balaban J connectivity index is 2.79. The van der Waals surface area contributed by atoms with Gasteiger partial charge in [-0.1, -0.05) is 23.9 Å². The third kappa shape index (κ3) is 4.32. The summed E-state index contributed by atoms with van der Waals surface area (Å²) in [5.41, 5.74) is -0.861. The van der Waals surface area contributed by atoms with Crippen LogP contribution in [0.3, 0.4) is 0 Å². The van der Waals surface area contributed by atoms with Crippen LogP contribution >= 0.6 is 23.5 Å². The minimum Gasteiger partial charge on any atom is -0.282 e. The van der Waals surface area contributed by atoms with E-state index in [0.717, 1.165) is 35.7 Å². The van der Waals surface area contributed by atoms with Crippen LogP contribution in [0, 0.1) is 10.7 Å². The summed E-state index contributed by atoms with van der Waals surface area (Å²) in [5.74, 6) is 0. The average molecular weight is 277 g/mol. The number of nitriles is 1. The van der Waals surface area contributed by atoms with Crippen LogP contribution in [-0.4, -0.2) is 10.2 Å². The molecule has 0 unspecified atom stereocenters. The maximum atomic E-state index is 12.4. The van der Waals surface area contributed by atoms with Crippen LogP contribution < -0.4 is 0 Å². The van der Waals surface area contributed by atoms with Crippen LogP contribution in [0.4, 0.5) is 13.2 Å². The van der Waals surface area contributed by atoms with E-state index in [1.807, 2.05) is 0 Å². The summed E-state index contributed by atoms with van der Waals surface area (Å²) in [6.07, 6.45) is -4.46. The van der Waals surface area contributed by atoms with E-state index in [-0.39, 0.29) is 10.6 Å². The number of rotatable bonds is 3. The van der Waals surface area contributed by atoms with E-state index in [2.05, 4.69) is 0 Å². The van der Waals surface area contributed by atoms with Crippen molar-refractivity contribution in [2.45, 2.75) is 6.18 Å². The van der Waals surface area contributed by atoms with Crippen molar-refractivity contribution in [3.8, 4) is 5.40 Å². The van der Waals surface area contributed by atoms with Gasteiger partial charge in [0.1, 0.15) is 5.40 Å². The zero-order chi connectivity index (χ0) is 12.9. The van der Waals surface area contributed by atoms with E-state index < -0.39 is 16.9 Å². The Kier molecular flexibility index (Phi) is 4.90. The quantitative estimate of drug-likeness (QED) is 0.479. The Morgan fingerprint density at radius 2 is 2.12 bits per heavy atom. The second-order valence-corrected chi connectivity index (χ2v) is 4.94. The highest BCUT2D eigenvalue weighted by molar-refractivity contribution is 8.25. The lowest BCUT2D eigenvalue weighted by Gasteiger charge is -2.07. The SMILES string of the molecule is N#CSCSC(=O)c1cccc(C(F)(F)F)c1. The van der Waals surface area contributed by atoms with Gasteiger partial charge < -0.3 is 0 Å². The highest BCUT2D eigenvalue weighted by Crippen LogP contribution is 2.30. The van der Waals surface area contributed by atoms with Crippen molar-refractivity contribution in [1.29, 1.82) is 5.26 Å². The van der Waals surface area contributed by atoms with Crippen molar-refractivity contribution in [2.75, 3.05) is 5.08 Å². The number of alkyl halides is 3. The van der Waals surface area contributed by atoms with Crippen molar-refractivity contribution in [1.82, 2.24) is 0 Å². The lowest BCUT2D eigenvalue weighted by molar-refractivity contribution is -0.137. The Morgan fingerprint density at radius 1 is 1.41 bits per heavy atom. The fourth-order valence-corrected chi connectivity index (χ4v) is 2.18. The molecule has 0 aliphatic rings. The Bertz CT molecular complexity index is 454. The molecule has 0 amide bonds. The first-order valence-electron chi connectivity index (χ1n) is 4.30. The van der Waals surface area contributed by atoms with Gasteiger partial charge >= 0.3 is 6.18 Å². The van der Waals surface area contributed by atoms with Gasteiger partial charge in [0.25, 0.3) is 0 Å². The summed E-state index contributed by atoms with van der Waals surface area (Å²) in [5, 5.41) is 9.74. The Labute approximate surface area is 104 Å². The number of benzene rings is 1. The van der Waals surface area contributed by atoms with Crippen LogP contribution in [-0.2, 0) is 6.18 Å². The van der Waals surface area contributed by atoms with Crippen molar-refractivity contribution >= 4 is 28.6 Å². The molecule has 0 bridgehead atoms. The van der Waals surface area contributed by atoms with Gasteiger partial charge in [-0.25, -0.2) is 0 Å². The van der Waals surface area contributed by atoms with Crippen LogP contribution in [0.2, 0.25) is 0 Å². The van der Waals surface area contributed by atoms with Gasteiger partial charge in [0.15, 0.2) is 0 Å². The number of halogens is 3. The fourth-order valence-electron chi connectivity index (χ4n) is 1.02. The number of carbonyl (C=O) groups is 1. The Hall–Kier alpha value is -1.13.